The maximum atomic E-state index is 13.5. The zero-order valence-electron chi connectivity index (χ0n) is 17.9. The molecule has 33 heavy (non-hydrogen) atoms. The fraction of sp³-hybridized carbons (Fsp3) is 0.160. The van der Waals surface area contributed by atoms with Crippen LogP contribution in [0, 0.1) is 0 Å². The monoisotopic (exact) mass is 459 g/mol. The number of para-hydroxylation sites is 1. The van der Waals surface area contributed by atoms with Crippen LogP contribution >= 0.6 is 11.8 Å². The summed E-state index contributed by atoms with van der Waals surface area (Å²) in [5.74, 6) is 1.77. The van der Waals surface area contributed by atoms with E-state index < -0.39 is 0 Å². The van der Waals surface area contributed by atoms with Crippen molar-refractivity contribution in [3.8, 4) is 17.2 Å². The molecule has 1 amide bonds. The van der Waals surface area contributed by atoms with E-state index in [1.54, 1.807) is 23.4 Å². The van der Waals surface area contributed by atoms with Crippen molar-refractivity contribution in [3.05, 3.63) is 83.0 Å². The number of ether oxygens (including phenoxy) is 3. The molecule has 3 heterocycles. The van der Waals surface area contributed by atoms with Gasteiger partial charge >= 0.3 is 0 Å². The number of thioether (sulfide) groups is 1. The molecule has 1 saturated heterocycles. The van der Waals surface area contributed by atoms with Crippen LogP contribution in [0.25, 0.3) is 6.08 Å². The van der Waals surface area contributed by atoms with E-state index >= 15 is 0 Å². The number of amidine groups is 1. The molecule has 0 atom stereocenters. The van der Waals surface area contributed by atoms with Gasteiger partial charge in [0.1, 0.15) is 5.75 Å². The van der Waals surface area contributed by atoms with Gasteiger partial charge in [-0.15, -0.1) is 0 Å². The lowest BCUT2D eigenvalue weighted by atomic mass is 10.1. The Morgan fingerprint density at radius 2 is 1.97 bits per heavy atom. The number of carbonyl (C=O) groups excluding carboxylic acids is 1. The van der Waals surface area contributed by atoms with Crippen molar-refractivity contribution in [2.45, 2.75) is 13.5 Å². The van der Waals surface area contributed by atoms with Crippen LogP contribution in [0.1, 0.15) is 18.1 Å². The molecule has 8 heteroatoms. The third-order valence-corrected chi connectivity index (χ3v) is 6.03. The Morgan fingerprint density at radius 1 is 1.15 bits per heavy atom. The van der Waals surface area contributed by atoms with Crippen molar-refractivity contribution >= 4 is 34.6 Å². The van der Waals surface area contributed by atoms with Crippen molar-refractivity contribution in [2.24, 2.45) is 4.99 Å². The second kappa shape index (κ2) is 9.38. The summed E-state index contributed by atoms with van der Waals surface area (Å²) in [5, 5.41) is 0.611. The van der Waals surface area contributed by atoms with Crippen LogP contribution in [-0.2, 0) is 11.3 Å². The Labute approximate surface area is 195 Å². The molecule has 0 spiro atoms. The topological polar surface area (TPSA) is 73.2 Å². The first-order chi connectivity index (χ1) is 16.2. The van der Waals surface area contributed by atoms with E-state index in [9.17, 15) is 4.79 Å². The molecule has 1 aromatic heterocycles. The number of carbonyl (C=O) groups is 1. The Kier molecular flexibility index (Phi) is 5.99. The molecule has 0 saturated carbocycles. The molecule has 2 aromatic carbocycles. The van der Waals surface area contributed by atoms with Crippen LogP contribution in [0.5, 0.6) is 17.2 Å². The molecule has 0 aliphatic carbocycles. The van der Waals surface area contributed by atoms with Crippen molar-refractivity contribution in [3.63, 3.8) is 0 Å². The first kappa shape index (κ1) is 21.1. The largest absolute Gasteiger partial charge is 0.493 e. The minimum absolute atomic E-state index is 0.126. The average Bonchev–Trinajstić information content (AvgIpc) is 3.40. The third kappa shape index (κ3) is 4.56. The number of amides is 1. The number of aliphatic imine (C=N–C) groups is 1. The average molecular weight is 460 g/mol. The quantitative estimate of drug-likeness (QED) is 0.483. The third-order valence-electron chi connectivity index (χ3n) is 5.02. The van der Waals surface area contributed by atoms with Crippen molar-refractivity contribution in [1.82, 2.24) is 9.88 Å². The lowest BCUT2D eigenvalue weighted by molar-refractivity contribution is -0.122. The number of fused-ring (bicyclic) bond motifs is 1. The zero-order chi connectivity index (χ0) is 22.6. The fourth-order valence-corrected chi connectivity index (χ4v) is 4.48. The van der Waals surface area contributed by atoms with Crippen LogP contribution in [0.3, 0.4) is 0 Å². The van der Waals surface area contributed by atoms with Gasteiger partial charge in [-0.2, -0.15) is 0 Å². The second-order valence-corrected chi connectivity index (χ2v) is 8.28. The molecule has 5 rings (SSSR count). The van der Waals surface area contributed by atoms with Gasteiger partial charge in [-0.05, 0) is 54.6 Å². The Morgan fingerprint density at radius 3 is 2.73 bits per heavy atom. The van der Waals surface area contributed by atoms with E-state index in [1.807, 2.05) is 61.5 Å². The van der Waals surface area contributed by atoms with Gasteiger partial charge < -0.3 is 14.2 Å². The fourth-order valence-electron chi connectivity index (χ4n) is 3.49. The van der Waals surface area contributed by atoms with Gasteiger partial charge in [0.2, 0.25) is 6.79 Å². The number of hydrogen-bond acceptors (Lipinski definition) is 7. The standard InChI is InChI=1S/C25H21N3O4S/c1-2-30-20-13-22-21(31-16-32-22)11-18(20)12-23-24(29)28(15-17-7-6-10-26-14-17)25(33-23)27-19-8-4-3-5-9-19/h3-14H,2,15-16H2,1H3. The molecule has 0 unspecified atom stereocenters. The van der Waals surface area contributed by atoms with Gasteiger partial charge in [0.25, 0.3) is 5.91 Å². The molecule has 0 N–H and O–H groups in total. The number of hydrogen-bond donors (Lipinski definition) is 0. The molecule has 3 aromatic rings. The molecular weight excluding hydrogens is 438 g/mol. The van der Waals surface area contributed by atoms with Crippen molar-refractivity contribution in [2.75, 3.05) is 13.4 Å². The van der Waals surface area contributed by atoms with E-state index in [1.165, 1.54) is 11.8 Å². The number of nitrogens with zero attached hydrogens (tertiary/aromatic N) is 3. The van der Waals surface area contributed by atoms with Gasteiger partial charge in [-0.1, -0.05) is 24.3 Å². The van der Waals surface area contributed by atoms with Crippen LogP contribution < -0.4 is 14.2 Å². The molecular formula is C25H21N3O4S. The highest BCUT2D eigenvalue weighted by atomic mass is 32.2. The maximum Gasteiger partial charge on any atom is 0.267 e. The van der Waals surface area contributed by atoms with Crippen LogP contribution in [0.2, 0.25) is 0 Å². The number of aromatic nitrogens is 1. The van der Waals surface area contributed by atoms with Gasteiger partial charge in [-0.25, -0.2) is 4.99 Å². The zero-order valence-corrected chi connectivity index (χ0v) is 18.7. The molecule has 0 bridgehead atoms. The molecule has 7 nitrogen and oxygen atoms in total. The smallest absolute Gasteiger partial charge is 0.267 e. The summed E-state index contributed by atoms with van der Waals surface area (Å²) in [6.07, 6.45) is 5.29. The van der Waals surface area contributed by atoms with E-state index in [2.05, 4.69) is 4.98 Å². The van der Waals surface area contributed by atoms with E-state index in [0.717, 1.165) is 16.8 Å². The van der Waals surface area contributed by atoms with Gasteiger partial charge in [0.15, 0.2) is 16.7 Å². The van der Waals surface area contributed by atoms with Gasteiger partial charge in [0, 0.05) is 24.0 Å². The second-order valence-electron chi connectivity index (χ2n) is 7.27. The van der Waals surface area contributed by atoms with E-state index in [4.69, 9.17) is 19.2 Å². The minimum Gasteiger partial charge on any atom is -0.493 e. The van der Waals surface area contributed by atoms with E-state index in [-0.39, 0.29) is 12.7 Å². The predicted octanol–water partition coefficient (Wildman–Crippen LogP) is 5.01. The molecule has 2 aliphatic rings. The minimum atomic E-state index is -0.126. The number of pyridine rings is 1. The van der Waals surface area contributed by atoms with Crippen LogP contribution in [0.15, 0.2) is 76.9 Å². The normalized spacial score (nSPS) is 17.2. The van der Waals surface area contributed by atoms with Gasteiger partial charge in [-0.3, -0.25) is 14.7 Å². The van der Waals surface area contributed by atoms with Crippen molar-refractivity contribution in [1.29, 1.82) is 0 Å². The molecule has 166 valence electrons. The molecule has 1 fully saturated rings. The first-order valence-electron chi connectivity index (χ1n) is 10.5. The SMILES string of the molecule is CCOc1cc2c(cc1C=C1SC(=Nc3ccccc3)N(Cc3cccnc3)C1=O)OCO2. The van der Waals surface area contributed by atoms with Crippen molar-refractivity contribution < 1.29 is 19.0 Å². The molecule has 0 radical (unpaired) electrons. The summed E-state index contributed by atoms with van der Waals surface area (Å²) in [4.78, 5) is 24.6. The highest BCUT2D eigenvalue weighted by Gasteiger charge is 2.34. The summed E-state index contributed by atoms with van der Waals surface area (Å²) in [5.41, 5.74) is 2.45. The summed E-state index contributed by atoms with van der Waals surface area (Å²) >= 11 is 1.34. The predicted molar refractivity (Wildman–Crippen MR) is 128 cm³/mol. The Balaban J connectivity index is 1.53. The summed E-state index contributed by atoms with van der Waals surface area (Å²) in [7, 11) is 0. The Hall–Kier alpha value is -3.78. The van der Waals surface area contributed by atoms with Crippen LogP contribution in [0.4, 0.5) is 5.69 Å². The molecule has 2 aliphatic heterocycles. The van der Waals surface area contributed by atoms with Crippen LogP contribution in [-0.4, -0.2) is 34.4 Å². The lowest BCUT2D eigenvalue weighted by Gasteiger charge is -2.15. The summed E-state index contributed by atoms with van der Waals surface area (Å²) < 4.78 is 16.8. The highest BCUT2D eigenvalue weighted by Crippen LogP contribution is 2.41. The first-order valence-corrected chi connectivity index (χ1v) is 11.3. The summed E-state index contributed by atoms with van der Waals surface area (Å²) in [6.45, 7) is 2.95. The highest BCUT2D eigenvalue weighted by molar-refractivity contribution is 8.18. The Bertz CT molecular complexity index is 1230. The summed E-state index contributed by atoms with van der Waals surface area (Å²) in [6, 6.07) is 17.0. The number of benzene rings is 2. The lowest BCUT2D eigenvalue weighted by Crippen LogP contribution is -2.28. The number of rotatable bonds is 6. The van der Waals surface area contributed by atoms with E-state index in [0.29, 0.717) is 40.5 Å². The maximum absolute atomic E-state index is 13.5. The van der Waals surface area contributed by atoms with Gasteiger partial charge in [0.05, 0.1) is 23.7 Å².